The number of hydrogen-bond donors (Lipinski definition) is 5. The Labute approximate surface area is 170 Å². The molecule has 0 unspecified atom stereocenters. The minimum atomic E-state index is -4.82. The van der Waals surface area contributed by atoms with E-state index < -0.39 is 57.7 Å². The molecule has 0 bridgehead atoms. The van der Waals surface area contributed by atoms with Crippen molar-refractivity contribution >= 4 is 38.0 Å². The molecule has 1 rings (SSSR count). The van der Waals surface area contributed by atoms with Gasteiger partial charge >= 0.3 is 10.4 Å². The molecule has 166 valence electrons. The third kappa shape index (κ3) is 9.45. The number of aliphatic hydroxyl groups excluding tert-OH is 4. The zero-order valence-electron chi connectivity index (χ0n) is 15.3. The van der Waals surface area contributed by atoms with Crippen LogP contribution in [0.2, 0.25) is 0 Å². The molecule has 0 aromatic rings. The maximum Gasteiger partial charge on any atom is 0.466 e. The van der Waals surface area contributed by atoms with Crippen molar-refractivity contribution in [3.63, 3.8) is 0 Å². The van der Waals surface area contributed by atoms with Gasteiger partial charge < -0.3 is 25.2 Å². The van der Waals surface area contributed by atoms with Crippen molar-refractivity contribution in [3.8, 4) is 0 Å². The number of hydrogen-bond acceptors (Lipinski definition) is 11. The number of nitrogens with zero attached hydrogens (tertiary/aromatic N) is 1. The number of aliphatic hydroxyl groups is 4. The predicted molar refractivity (Wildman–Crippen MR) is 103 cm³/mol. The van der Waals surface area contributed by atoms with E-state index in [9.17, 15) is 33.1 Å². The smallest absolute Gasteiger partial charge is 0.394 e. The van der Waals surface area contributed by atoms with E-state index in [0.29, 0.717) is 12.2 Å². The van der Waals surface area contributed by atoms with Crippen LogP contribution < -0.4 is 0 Å². The fourth-order valence-electron chi connectivity index (χ4n) is 2.45. The van der Waals surface area contributed by atoms with Crippen molar-refractivity contribution in [1.82, 2.24) is 0 Å². The highest BCUT2D eigenvalue weighted by atomic mass is 32.3. The average molecular weight is 466 g/mol. The monoisotopic (exact) mass is 465 g/mol. The quantitative estimate of drug-likeness (QED) is 0.0827. The van der Waals surface area contributed by atoms with Gasteiger partial charge in [0.1, 0.15) is 34.9 Å². The van der Waals surface area contributed by atoms with Crippen LogP contribution in [0.25, 0.3) is 0 Å². The van der Waals surface area contributed by atoms with Gasteiger partial charge in [-0.2, -0.15) is 8.42 Å². The molecular weight excluding hydrogens is 438 g/mol. The lowest BCUT2D eigenvalue weighted by Crippen LogP contribution is -2.57. The van der Waals surface area contributed by atoms with Gasteiger partial charge in [-0.1, -0.05) is 29.8 Å². The molecule has 6 atom stereocenters. The van der Waals surface area contributed by atoms with Crippen molar-refractivity contribution in [3.05, 3.63) is 0 Å². The average Bonchev–Trinajstić information content (AvgIpc) is 2.61. The van der Waals surface area contributed by atoms with Crippen LogP contribution in [0.5, 0.6) is 0 Å². The fourth-order valence-corrected chi connectivity index (χ4v) is 4.40. The van der Waals surface area contributed by atoms with Crippen molar-refractivity contribution < 1.29 is 46.6 Å². The van der Waals surface area contributed by atoms with E-state index in [1.165, 1.54) is 0 Å². The van der Waals surface area contributed by atoms with Crippen LogP contribution in [0.3, 0.4) is 0 Å². The Balaban J connectivity index is 2.70. The summed E-state index contributed by atoms with van der Waals surface area (Å²) >= 11 is 0.754. The molecule has 5 N–H and O–H groups in total. The van der Waals surface area contributed by atoms with Gasteiger partial charge in [0.15, 0.2) is 0 Å². The van der Waals surface area contributed by atoms with Crippen molar-refractivity contribution in [2.24, 2.45) is 5.16 Å². The Hall–Kier alpha value is -0.320. The summed E-state index contributed by atoms with van der Waals surface area (Å²) in [6.45, 7) is -0.602. The maximum atomic E-state index is 11.0. The zero-order valence-corrected chi connectivity index (χ0v) is 17.7. The summed E-state index contributed by atoms with van der Waals surface area (Å²) in [6, 6.07) is 0. The van der Waals surface area contributed by atoms with E-state index >= 15 is 0 Å². The van der Waals surface area contributed by atoms with E-state index in [0.717, 1.165) is 31.0 Å². The highest BCUT2D eigenvalue weighted by Gasteiger charge is 2.44. The Bertz CT molecular complexity index is 627. The van der Waals surface area contributed by atoms with Crippen LogP contribution in [0, 0.1) is 0 Å². The normalized spacial score (nSPS) is 30.2. The Morgan fingerprint density at radius 3 is 2.36 bits per heavy atom. The molecule has 0 radical (unpaired) electrons. The van der Waals surface area contributed by atoms with Crippen LogP contribution in [-0.4, -0.2) is 91.1 Å². The van der Waals surface area contributed by atoms with Gasteiger partial charge in [-0.05, 0) is 19.3 Å². The topological polar surface area (TPSA) is 183 Å². The van der Waals surface area contributed by atoms with E-state index in [-0.39, 0.29) is 11.5 Å². The van der Waals surface area contributed by atoms with Crippen LogP contribution in [0.4, 0.5) is 0 Å². The summed E-state index contributed by atoms with van der Waals surface area (Å²) < 4.78 is 50.6. The van der Waals surface area contributed by atoms with Crippen molar-refractivity contribution in [2.75, 3.05) is 18.6 Å². The van der Waals surface area contributed by atoms with Gasteiger partial charge in [-0.15, -0.1) is 0 Å². The molecule has 14 heteroatoms. The molecular formula is C14H27NO10S3. The van der Waals surface area contributed by atoms with Crippen LogP contribution >= 0.6 is 11.8 Å². The second kappa shape index (κ2) is 12.4. The van der Waals surface area contributed by atoms with E-state index in [1.54, 1.807) is 6.26 Å². The number of thioether (sulfide) groups is 1. The van der Waals surface area contributed by atoms with Gasteiger partial charge in [0.2, 0.25) is 0 Å². The number of unbranched alkanes of at least 4 members (excludes halogenated alkanes) is 3. The first-order valence-electron chi connectivity index (χ1n) is 8.55. The molecule has 0 saturated carbocycles. The maximum absolute atomic E-state index is 11.0. The molecule has 0 aromatic carbocycles. The zero-order chi connectivity index (χ0) is 21.3. The van der Waals surface area contributed by atoms with Gasteiger partial charge in [0.05, 0.1) is 6.61 Å². The lowest BCUT2D eigenvalue weighted by molar-refractivity contribution is -0.205. The Morgan fingerprint density at radius 1 is 1.14 bits per heavy atom. The molecule has 1 aliphatic heterocycles. The molecule has 1 aliphatic rings. The third-order valence-electron chi connectivity index (χ3n) is 3.91. The highest BCUT2D eigenvalue weighted by Crippen LogP contribution is 2.30. The SMILES string of the molecule is C[S@@](=O)CCCCCC/C(=N\OS(=O)(=O)O)S[C@@H]1O[C@H](CO)[C@@H](O)[C@H](O)[C@H]1O. The third-order valence-corrected chi connectivity index (χ3v) is 6.21. The highest BCUT2D eigenvalue weighted by molar-refractivity contribution is 8.14. The van der Waals surface area contributed by atoms with Crippen molar-refractivity contribution in [1.29, 1.82) is 0 Å². The fraction of sp³-hybridized carbons (Fsp3) is 0.929. The van der Waals surface area contributed by atoms with Crippen LogP contribution in [0.15, 0.2) is 5.16 Å². The summed E-state index contributed by atoms with van der Waals surface area (Å²) in [5.41, 5.74) is -1.15. The number of ether oxygens (including phenoxy) is 1. The minimum absolute atomic E-state index is 0.0704. The molecule has 1 saturated heterocycles. The lowest BCUT2D eigenvalue weighted by atomic mass is 10.0. The first-order valence-corrected chi connectivity index (χ1v) is 12.5. The van der Waals surface area contributed by atoms with E-state index in [1.807, 2.05) is 0 Å². The second-order valence-corrected chi connectivity index (χ2v) is 9.97. The Kier molecular flexibility index (Phi) is 11.4. The largest absolute Gasteiger partial charge is 0.466 e. The van der Waals surface area contributed by atoms with E-state index in [2.05, 4.69) is 9.44 Å². The standard InChI is InChI=1S/C14H27NO10S3/c1-27(20)7-5-3-2-4-6-10(15-25-28(21,22)23)26-14-13(19)12(18)11(17)9(8-16)24-14/h9,11-14,16-19H,2-8H2,1H3,(H,21,22,23)/b15-10+/t9-,11-,12+,13-,14+,27-/m1/s1. The number of oxime groups is 1. The molecule has 1 heterocycles. The van der Waals surface area contributed by atoms with E-state index in [4.69, 9.17) is 9.29 Å². The Morgan fingerprint density at radius 2 is 1.79 bits per heavy atom. The lowest BCUT2D eigenvalue weighted by Gasteiger charge is -2.39. The second-order valence-electron chi connectivity index (χ2n) is 6.24. The summed E-state index contributed by atoms with van der Waals surface area (Å²) in [4.78, 5) is 0. The van der Waals surface area contributed by atoms with Gasteiger partial charge in [0.25, 0.3) is 0 Å². The van der Waals surface area contributed by atoms with Crippen molar-refractivity contribution in [2.45, 2.75) is 62.0 Å². The number of rotatable bonds is 11. The molecule has 1 fully saturated rings. The molecule has 0 amide bonds. The first kappa shape index (κ1) is 25.7. The summed E-state index contributed by atoms with van der Waals surface area (Å²) in [5, 5.41) is 42.3. The summed E-state index contributed by atoms with van der Waals surface area (Å²) in [7, 11) is -5.69. The van der Waals surface area contributed by atoms with Crippen LogP contribution in [-0.2, 0) is 30.2 Å². The molecule has 0 aromatic heterocycles. The predicted octanol–water partition coefficient (Wildman–Crippen LogP) is -1.02. The molecule has 0 aliphatic carbocycles. The van der Waals surface area contributed by atoms with Crippen LogP contribution in [0.1, 0.15) is 32.1 Å². The first-order chi connectivity index (χ1) is 13.0. The summed E-state index contributed by atoms with van der Waals surface area (Å²) in [6.07, 6.45) is -1.02. The molecule has 11 nitrogen and oxygen atoms in total. The van der Waals surface area contributed by atoms with Gasteiger partial charge in [-0.25, -0.2) is 4.28 Å². The minimum Gasteiger partial charge on any atom is -0.394 e. The van der Waals surface area contributed by atoms with Gasteiger partial charge in [-0.3, -0.25) is 8.76 Å². The van der Waals surface area contributed by atoms with Gasteiger partial charge in [0, 0.05) is 22.8 Å². The molecule has 0 spiro atoms. The summed E-state index contributed by atoms with van der Waals surface area (Å²) in [5.74, 6) is 0.590. The molecule has 28 heavy (non-hydrogen) atoms.